The molecular weight excluding hydrogens is 254 g/mol. The molecule has 0 N–H and O–H groups in total. The molecule has 0 bridgehead atoms. The van der Waals surface area contributed by atoms with Gasteiger partial charge >= 0.3 is 0 Å². The van der Waals surface area contributed by atoms with Crippen molar-refractivity contribution < 1.29 is 0 Å². The molecular formula is C12H8ClN3S. The monoisotopic (exact) mass is 261 g/mol. The third-order valence-corrected chi connectivity index (χ3v) is 4.06. The quantitative estimate of drug-likeness (QED) is 0.670. The van der Waals surface area contributed by atoms with Crippen molar-refractivity contribution in [3.8, 4) is 11.5 Å². The smallest absolute Gasteiger partial charge is 0.179 e. The van der Waals surface area contributed by atoms with E-state index < -0.39 is 0 Å². The highest BCUT2D eigenvalue weighted by molar-refractivity contribution is 7.19. The third-order valence-electron chi connectivity index (χ3n) is 2.44. The number of hydrogen-bond acceptors (Lipinski definition) is 4. The highest BCUT2D eigenvalue weighted by atomic mass is 35.5. The highest BCUT2D eigenvalue weighted by Gasteiger charge is 2.10. The fraction of sp³-hybridized carbons (Fsp3) is 0.0833. The van der Waals surface area contributed by atoms with Gasteiger partial charge in [-0.15, -0.1) is 11.3 Å². The standard InChI is InChI=1S/C12H8ClN3S/c1-7-10(13)8-6-15-11(16-12(8)17-7)9-4-2-3-5-14-9/h2-6H,1H3. The number of thiophene rings is 1. The SMILES string of the molecule is Cc1sc2nc(-c3ccccn3)ncc2c1Cl. The zero-order valence-electron chi connectivity index (χ0n) is 9.01. The Morgan fingerprint density at radius 1 is 1.24 bits per heavy atom. The summed E-state index contributed by atoms with van der Waals surface area (Å²) < 4.78 is 0. The molecule has 0 spiro atoms. The van der Waals surface area contributed by atoms with Crippen molar-refractivity contribution in [1.29, 1.82) is 0 Å². The van der Waals surface area contributed by atoms with Gasteiger partial charge in [0.1, 0.15) is 10.5 Å². The summed E-state index contributed by atoms with van der Waals surface area (Å²) in [7, 11) is 0. The average molecular weight is 262 g/mol. The molecule has 0 aliphatic carbocycles. The molecule has 0 saturated heterocycles. The number of hydrogen-bond donors (Lipinski definition) is 0. The summed E-state index contributed by atoms with van der Waals surface area (Å²) >= 11 is 7.73. The van der Waals surface area contributed by atoms with Crippen LogP contribution in [0.4, 0.5) is 0 Å². The second kappa shape index (κ2) is 4.05. The van der Waals surface area contributed by atoms with Crippen LogP contribution in [0.5, 0.6) is 0 Å². The van der Waals surface area contributed by atoms with Crippen LogP contribution < -0.4 is 0 Å². The summed E-state index contributed by atoms with van der Waals surface area (Å²) in [5.74, 6) is 0.635. The van der Waals surface area contributed by atoms with E-state index >= 15 is 0 Å². The maximum absolute atomic E-state index is 6.15. The zero-order valence-corrected chi connectivity index (χ0v) is 10.6. The number of fused-ring (bicyclic) bond motifs is 1. The molecule has 3 aromatic heterocycles. The Kier molecular flexibility index (Phi) is 2.53. The van der Waals surface area contributed by atoms with Gasteiger partial charge in [-0.3, -0.25) is 4.98 Å². The summed E-state index contributed by atoms with van der Waals surface area (Å²) in [6.45, 7) is 1.98. The van der Waals surface area contributed by atoms with Crippen LogP contribution >= 0.6 is 22.9 Å². The molecule has 0 amide bonds. The highest BCUT2D eigenvalue weighted by Crippen LogP contribution is 2.33. The van der Waals surface area contributed by atoms with Crippen molar-refractivity contribution >= 4 is 33.2 Å². The maximum Gasteiger partial charge on any atom is 0.179 e. The van der Waals surface area contributed by atoms with Gasteiger partial charge in [-0.1, -0.05) is 17.7 Å². The number of nitrogens with zero attached hydrogens (tertiary/aromatic N) is 3. The van der Waals surface area contributed by atoms with Crippen LogP contribution in [0.1, 0.15) is 4.88 Å². The van der Waals surface area contributed by atoms with E-state index in [4.69, 9.17) is 11.6 Å². The molecule has 3 rings (SSSR count). The van der Waals surface area contributed by atoms with E-state index in [0.29, 0.717) is 5.82 Å². The molecule has 5 heteroatoms. The van der Waals surface area contributed by atoms with Gasteiger partial charge in [-0.2, -0.15) is 0 Å². The van der Waals surface area contributed by atoms with Gasteiger partial charge in [-0.25, -0.2) is 9.97 Å². The largest absolute Gasteiger partial charge is 0.253 e. The number of rotatable bonds is 1. The van der Waals surface area contributed by atoms with Gasteiger partial charge in [0.15, 0.2) is 5.82 Å². The Labute approximate surface area is 107 Å². The van der Waals surface area contributed by atoms with Gasteiger partial charge < -0.3 is 0 Å². The van der Waals surface area contributed by atoms with E-state index in [1.807, 2.05) is 25.1 Å². The summed E-state index contributed by atoms with van der Waals surface area (Å²) in [5, 5.41) is 1.66. The van der Waals surface area contributed by atoms with E-state index in [9.17, 15) is 0 Å². The first-order valence-corrected chi connectivity index (χ1v) is 6.28. The molecule has 0 aromatic carbocycles. The number of aromatic nitrogens is 3. The minimum atomic E-state index is 0.635. The van der Waals surface area contributed by atoms with Gasteiger partial charge in [0.05, 0.1) is 5.02 Å². The van der Waals surface area contributed by atoms with Crippen molar-refractivity contribution in [2.45, 2.75) is 6.92 Å². The molecule has 3 heterocycles. The average Bonchev–Trinajstić information content (AvgIpc) is 2.66. The minimum absolute atomic E-state index is 0.635. The van der Waals surface area contributed by atoms with Gasteiger partial charge in [0.2, 0.25) is 0 Å². The van der Waals surface area contributed by atoms with E-state index in [1.165, 1.54) is 0 Å². The van der Waals surface area contributed by atoms with E-state index in [1.54, 1.807) is 23.7 Å². The molecule has 3 nitrogen and oxygen atoms in total. The van der Waals surface area contributed by atoms with Crippen molar-refractivity contribution in [2.75, 3.05) is 0 Å². The molecule has 17 heavy (non-hydrogen) atoms. The van der Waals surface area contributed by atoms with E-state index in [2.05, 4.69) is 15.0 Å². The molecule has 0 atom stereocenters. The lowest BCUT2D eigenvalue weighted by molar-refractivity contribution is 1.18. The van der Waals surface area contributed by atoms with Gasteiger partial charge in [0.25, 0.3) is 0 Å². The predicted octanol–water partition coefficient (Wildman–Crippen LogP) is 3.72. The fourth-order valence-electron chi connectivity index (χ4n) is 1.59. The summed E-state index contributed by atoms with van der Waals surface area (Å²) in [6, 6.07) is 5.68. The molecule has 84 valence electrons. The number of aryl methyl sites for hydroxylation is 1. The molecule has 0 radical (unpaired) electrons. The molecule has 3 aromatic rings. The number of pyridine rings is 1. The Morgan fingerprint density at radius 2 is 2.12 bits per heavy atom. The van der Waals surface area contributed by atoms with Crippen LogP contribution in [-0.2, 0) is 0 Å². The van der Waals surface area contributed by atoms with Gasteiger partial charge in [0, 0.05) is 22.7 Å². The lowest BCUT2D eigenvalue weighted by Gasteiger charge is -1.97. The number of halogens is 1. The second-order valence-corrected chi connectivity index (χ2v) is 5.18. The second-order valence-electron chi connectivity index (χ2n) is 3.60. The lowest BCUT2D eigenvalue weighted by Crippen LogP contribution is -1.89. The maximum atomic E-state index is 6.15. The van der Waals surface area contributed by atoms with Crippen LogP contribution in [0.2, 0.25) is 5.02 Å². The van der Waals surface area contributed by atoms with Crippen LogP contribution in [0.25, 0.3) is 21.7 Å². The zero-order chi connectivity index (χ0) is 11.8. The predicted molar refractivity (Wildman–Crippen MR) is 70.4 cm³/mol. The van der Waals surface area contributed by atoms with Crippen LogP contribution in [0, 0.1) is 6.92 Å². The third kappa shape index (κ3) is 1.79. The molecule has 0 saturated carbocycles. The molecule has 0 fully saturated rings. The fourth-order valence-corrected chi connectivity index (χ4v) is 2.79. The van der Waals surface area contributed by atoms with Crippen molar-refractivity contribution in [3.63, 3.8) is 0 Å². The molecule has 0 aliphatic rings. The van der Waals surface area contributed by atoms with Crippen LogP contribution in [0.3, 0.4) is 0 Å². The summed E-state index contributed by atoms with van der Waals surface area (Å²) in [5.41, 5.74) is 0.775. The Bertz CT molecular complexity index is 679. The van der Waals surface area contributed by atoms with Crippen molar-refractivity contribution in [3.05, 3.63) is 40.5 Å². The van der Waals surface area contributed by atoms with E-state index in [-0.39, 0.29) is 0 Å². The van der Waals surface area contributed by atoms with E-state index in [0.717, 1.165) is 25.8 Å². The first kappa shape index (κ1) is 10.6. The van der Waals surface area contributed by atoms with Crippen molar-refractivity contribution in [1.82, 2.24) is 15.0 Å². The van der Waals surface area contributed by atoms with Crippen LogP contribution in [-0.4, -0.2) is 15.0 Å². The molecule has 0 unspecified atom stereocenters. The minimum Gasteiger partial charge on any atom is -0.253 e. The first-order valence-electron chi connectivity index (χ1n) is 5.09. The van der Waals surface area contributed by atoms with Gasteiger partial charge in [-0.05, 0) is 19.1 Å². The van der Waals surface area contributed by atoms with Crippen LogP contribution in [0.15, 0.2) is 30.6 Å². The van der Waals surface area contributed by atoms with Crippen molar-refractivity contribution in [2.24, 2.45) is 0 Å². The lowest BCUT2D eigenvalue weighted by atomic mass is 10.3. The summed E-state index contributed by atoms with van der Waals surface area (Å²) in [4.78, 5) is 15.0. The first-order chi connectivity index (χ1) is 8.25. The summed E-state index contributed by atoms with van der Waals surface area (Å²) in [6.07, 6.45) is 3.49. The molecule has 0 aliphatic heterocycles. The Morgan fingerprint density at radius 3 is 2.88 bits per heavy atom. The Hall–Kier alpha value is -1.52. The Balaban J connectivity index is 2.21. The topological polar surface area (TPSA) is 38.7 Å². The normalized spacial score (nSPS) is 10.9.